The van der Waals surface area contributed by atoms with Crippen LogP contribution in [0.5, 0.6) is 0 Å². The van der Waals surface area contributed by atoms with Gasteiger partial charge in [-0.3, -0.25) is 9.71 Å². The normalized spacial score (nSPS) is 15.6. The molecule has 0 radical (unpaired) electrons. The zero-order valence-corrected chi connectivity index (χ0v) is 17.4. The van der Waals surface area contributed by atoms with Gasteiger partial charge >= 0.3 is 0 Å². The van der Waals surface area contributed by atoms with E-state index < -0.39 is 0 Å². The maximum Gasteiger partial charge on any atom is 0.0983 e. The average Bonchev–Trinajstić information content (AvgIpc) is 2.59. The molecule has 0 aliphatic heterocycles. The second-order valence-electron chi connectivity index (χ2n) is 6.39. The molecule has 0 rings (SSSR count). The predicted octanol–water partition coefficient (Wildman–Crippen LogP) is 2.44. The van der Waals surface area contributed by atoms with Crippen LogP contribution >= 0.6 is 11.9 Å². The number of unbranched alkanes of at least 4 members (excludes halogenated alkanes) is 1. The van der Waals surface area contributed by atoms with E-state index in [9.17, 15) is 0 Å². The van der Waals surface area contributed by atoms with Crippen molar-refractivity contribution in [3.63, 3.8) is 0 Å². The van der Waals surface area contributed by atoms with Crippen molar-refractivity contribution in [3.8, 4) is 0 Å². The van der Waals surface area contributed by atoms with Crippen molar-refractivity contribution in [3.05, 3.63) is 0 Å². The molecule has 0 aliphatic carbocycles. The highest BCUT2D eigenvalue weighted by atomic mass is 32.2. The van der Waals surface area contributed by atoms with Crippen molar-refractivity contribution in [2.45, 2.75) is 52.2 Å². The summed E-state index contributed by atoms with van der Waals surface area (Å²) in [5, 5.41) is 0. The Hall–Kier alpha value is -0.470. The molecular weight excluding hydrogens is 334 g/mol. The predicted molar refractivity (Wildman–Crippen MR) is 113 cm³/mol. The number of nitrogens with one attached hydrogen (secondary N) is 1. The molecule has 0 aromatic carbocycles. The third-order valence-electron chi connectivity index (χ3n) is 3.98. The van der Waals surface area contributed by atoms with Crippen LogP contribution in [0.2, 0.25) is 0 Å². The van der Waals surface area contributed by atoms with Crippen molar-refractivity contribution < 1.29 is 4.74 Å². The lowest BCUT2D eigenvalue weighted by molar-refractivity contribution is 0.0532. The van der Waals surface area contributed by atoms with Crippen LogP contribution in [0, 0.1) is 5.92 Å². The van der Waals surface area contributed by atoms with Crippen molar-refractivity contribution in [1.29, 1.82) is 0 Å². The summed E-state index contributed by atoms with van der Waals surface area (Å²) in [5.74, 6) is 1.02. The average molecular weight is 374 g/mol. The third-order valence-corrected chi connectivity index (χ3v) is 4.66. The van der Waals surface area contributed by atoms with Gasteiger partial charge in [-0.2, -0.15) is 0 Å². The molecule has 3 atom stereocenters. The van der Waals surface area contributed by atoms with Crippen molar-refractivity contribution in [1.82, 2.24) is 9.62 Å². The Morgan fingerprint density at radius 2 is 2.16 bits per heavy atom. The van der Waals surface area contributed by atoms with E-state index in [-0.39, 0.29) is 12.1 Å². The standard InChI is InChI=1S/C18H39N5OS/c1-6-8-10-22-25-15-21-13-17(12-20-4)14-23(5)11-9-18(19)16(3)24-7-2/h13,16-18,22H,4,6-12,14-15,19H2,1-3,5H3/b21-13-. The van der Waals surface area contributed by atoms with Crippen LogP contribution in [0.1, 0.15) is 40.0 Å². The topological polar surface area (TPSA) is 75.2 Å². The Labute approximate surface area is 159 Å². The number of rotatable bonds is 17. The molecule has 0 fully saturated rings. The van der Waals surface area contributed by atoms with Crippen LogP contribution in [0.3, 0.4) is 0 Å². The molecule has 3 N–H and O–H groups in total. The van der Waals surface area contributed by atoms with Crippen LogP contribution in [-0.2, 0) is 4.74 Å². The molecular formula is C18H39N5OS. The summed E-state index contributed by atoms with van der Waals surface area (Å²) in [5.41, 5.74) is 6.17. The second-order valence-corrected chi connectivity index (χ2v) is 7.23. The van der Waals surface area contributed by atoms with Gasteiger partial charge in [0.1, 0.15) is 0 Å². The van der Waals surface area contributed by atoms with E-state index in [0.717, 1.165) is 31.9 Å². The molecule has 0 saturated heterocycles. The summed E-state index contributed by atoms with van der Waals surface area (Å²) < 4.78 is 8.88. The molecule has 0 saturated carbocycles. The molecule has 0 amide bonds. The number of hydrogen-bond acceptors (Lipinski definition) is 7. The van der Waals surface area contributed by atoms with Gasteiger partial charge < -0.3 is 20.4 Å². The summed E-state index contributed by atoms with van der Waals surface area (Å²) in [7, 11) is 2.11. The Bertz CT molecular complexity index is 343. The lowest BCUT2D eigenvalue weighted by atomic mass is 10.1. The van der Waals surface area contributed by atoms with Gasteiger partial charge in [-0.25, -0.2) is 0 Å². The molecule has 6 nitrogen and oxygen atoms in total. The molecule has 3 unspecified atom stereocenters. The molecule has 0 aromatic heterocycles. The third kappa shape index (κ3) is 14.4. The van der Waals surface area contributed by atoms with Crippen molar-refractivity contribution in [2.75, 3.05) is 45.7 Å². The van der Waals surface area contributed by atoms with Crippen LogP contribution in [0.25, 0.3) is 0 Å². The number of aliphatic imine (C=N–C) groups is 2. The first kappa shape index (κ1) is 24.5. The van der Waals surface area contributed by atoms with Gasteiger partial charge in [0.2, 0.25) is 0 Å². The zero-order valence-electron chi connectivity index (χ0n) is 16.6. The van der Waals surface area contributed by atoms with Crippen LogP contribution in [0.15, 0.2) is 9.98 Å². The summed E-state index contributed by atoms with van der Waals surface area (Å²) in [4.78, 5) is 10.8. The number of hydrogen-bond donors (Lipinski definition) is 2. The van der Waals surface area contributed by atoms with Gasteiger partial charge in [0.05, 0.1) is 12.0 Å². The highest BCUT2D eigenvalue weighted by Gasteiger charge is 2.15. The number of nitrogens with two attached hydrogens (primary N) is 1. The Morgan fingerprint density at radius 3 is 2.80 bits per heavy atom. The largest absolute Gasteiger partial charge is 0.377 e. The van der Waals surface area contributed by atoms with E-state index in [0.29, 0.717) is 19.1 Å². The minimum Gasteiger partial charge on any atom is -0.377 e. The lowest BCUT2D eigenvalue weighted by Crippen LogP contribution is -2.39. The summed E-state index contributed by atoms with van der Waals surface area (Å²) >= 11 is 1.66. The van der Waals surface area contributed by atoms with Gasteiger partial charge in [0.25, 0.3) is 0 Å². The molecule has 148 valence electrons. The molecule has 0 spiro atoms. The Balaban J connectivity index is 4.08. The SMILES string of the molecule is C=NCC(/C=N\CSNCCCC)CN(C)CCC(N)C(C)OCC. The van der Waals surface area contributed by atoms with Crippen molar-refractivity contribution >= 4 is 24.9 Å². The van der Waals surface area contributed by atoms with E-state index in [2.05, 4.69) is 40.3 Å². The molecule has 25 heavy (non-hydrogen) atoms. The zero-order chi connectivity index (χ0) is 18.9. The van der Waals surface area contributed by atoms with Crippen LogP contribution in [0.4, 0.5) is 0 Å². The van der Waals surface area contributed by atoms with Gasteiger partial charge in [-0.1, -0.05) is 25.3 Å². The van der Waals surface area contributed by atoms with E-state index in [4.69, 9.17) is 10.5 Å². The Kier molecular flexibility index (Phi) is 16.7. The maximum absolute atomic E-state index is 6.17. The first-order chi connectivity index (χ1) is 12.0. The van der Waals surface area contributed by atoms with Crippen molar-refractivity contribution in [2.24, 2.45) is 21.6 Å². The van der Waals surface area contributed by atoms with Crippen LogP contribution < -0.4 is 10.5 Å². The second kappa shape index (κ2) is 17.0. The smallest absolute Gasteiger partial charge is 0.0983 e. The highest BCUT2D eigenvalue weighted by molar-refractivity contribution is 7.97. The van der Waals surface area contributed by atoms with E-state index in [1.165, 1.54) is 12.8 Å². The fraction of sp³-hybridized carbons (Fsp3) is 0.889. The minimum atomic E-state index is 0.0673. The summed E-state index contributed by atoms with van der Waals surface area (Å²) in [6, 6.07) is 0.0673. The van der Waals surface area contributed by atoms with Crippen LogP contribution in [-0.4, -0.2) is 75.7 Å². The first-order valence-electron chi connectivity index (χ1n) is 9.37. The fourth-order valence-corrected chi connectivity index (χ4v) is 2.94. The quantitative estimate of drug-likeness (QED) is 0.233. The number of nitrogens with zero attached hydrogens (tertiary/aromatic N) is 3. The van der Waals surface area contributed by atoms with E-state index in [1.54, 1.807) is 11.9 Å². The monoisotopic (exact) mass is 373 g/mol. The molecule has 0 bridgehead atoms. The maximum atomic E-state index is 6.17. The van der Waals surface area contributed by atoms with Gasteiger partial charge in [-0.15, -0.1) is 0 Å². The van der Waals surface area contributed by atoms with E-state index >= 15 is 0 Å². The highest BCUT2D eigenvalue weighted by Crippen LogP contribution is 2.05. The molecule has 0 heterocycles. The minimum absolute atomic E-state index is 0.0673. The molecule has 7 heteroatoms. The Morgan fingerprint density at radius 1 is 1.40 bits per heavy atom. The van der Waals surface area contributed by atoms with Gasteiger partial charge in [0.15, 0.2) is 0 Å². The summed E-state index contributed by atoms with van der Waals surface area (Å²) in [6.45, 7) is 14.1. The molecule has 0 aromatic rings. The molecule has 0 aliphatic rings. The first-order valence-corrected chi connectivity index (χ1v) is 10.4. The lowest BCUT2D eigenvalue weighted by Gasteiger charge is -2.24. The summed E-state index contributed by atoms with van der Waals surface area (Å²) in [6.07, 6.45) is 5.45. The van der Waals surface area contributed by atoms with Gasteiger partial charge in [-0.05, 0) is 47.0 Å². The van der Waals surface area contributed by atoms with E-state index in [1.807, 2.05) is 20.1 Å². The van der Waals surface area contributed by atoms with Gasteiger partial charge in [0, 0.05) is 44.4 Å². The number of ether oxygens (including phenoxy) is 1. The fourth-order valence-electron chi connectivity index (χ4n) is 2.40.